The van der Waals surface area contributed by atoms with Gasteiger partial charge in [0.15, 0.2) is 0 Å². The zero-order valence-corrected chi connectivity index (χ0v) is 18.6. The maximum absolute atomic E-state index is 13.4. The summed E-state index contributed by atoms with van der Waals surface area (Å²) < 4.78 is 4.92. The molecule has 2 saturated heterocycles. The van der Waals surface area contributed by atoms with Crippen molar-refractivity contribution in [1.82, 2.24) is 9.88 Å². The number of amides is 2. The molecule has 4 rings (SSSR count). The van der Waals surface area contributed by atoms with Crippen molar-refractivity contribution in [3.8, 4) is 0 Å². The van der Waals surface area contributed by atoms with Crippen molar-refractivity contribution in [2.24, 2.45) is 5.41 Å². The molecule has 3 aliphatic rings. The van der Waals surface area contributed by atoms with Crippen LogP contribution in [0.15, 0.2) is 12.3 Å². The van der Waals surface area contributed by atoms with E-state index in [0.717, 1.165) is 76.0 Å². The minimum absolute atomic E-state index is 0.194. The number of rotatable bonds is 4. The summed E-state index contributed by atoms with van der Waals surface area (Å²) >= 11 is 0. The number of hydrogen-bond acceptors (Lipinski definition) is 6. The van der Waals surface area contributed by atoms with Crippen molar-refractivity contribution in [3.63, 3.8) is 0 Å². The van der Waals surface area contributed by atoms with E-state index in [-0.39, 0.29) is 11.5 Å². The molecule has 31 heavy (non-hydrogen) atoms. The second-order valence-corrected chi connectivity index (χ2v) is 9.19. The number of carbonyl (C=O) groups excluding carboxylic acids is 2. The van der Waals surface area contributed by atoms with Crippen LogP contribution >= 0.6 is 0 Å². The molecule has 8 heteroatoms. The van der Waals surface area contributed by atoms with Gasteiger partial charge in [0.2, 0.25) is 5.91 Å². The van der Waals surface area contributed by atoms with Gasteiger partial charge in [-0.25, -0.2) is 9.78 Å². The van der Waals surface area contributed by atoms with Gasteiger partial charge in [-0.15, -0.1) is 0 Å². The van der Waals surface area contributed by atoms with Gasteiger partial charge in [0, 0.05) is 25.7 Å². The van der Waals surface area contributed by atoms with E-state index in [9.17, 15) is 14.7 Å². The number of nitrogens with zero attached hydrogens (tertiary/aromatic N) is 3. The van der Waals surface area contributed by atoms with Gasteiger partial charge in [0.05, 0.1) is 30.0 Å². The minimum atomic E-state index is -0.479. The lowest BCUT2D eigenvalue weighted by Crippen LogP contribution is -2.47. The van der Waals surface area contributed by atoms with E-state index in [1.165, 1.54) is 0 Å². The van der Waals surface area contributed by atoms with E-state index < -0.39 is 6.09 Å². The Labute approximate surface area is 184 Å². The van der Waals surface area contributed by atoms with Gasteiger partial charge in [-0.05, 0) is 70.4 Å². The van der Waals surface area contributed by atoms with Gasteiger partial charge in [0.25, 0.3) is 0 Å². The largest absolute Gasteiger partial charge is 0.450 e. The lowest BCUT2D eigenvalue weighted by molar-refractivity contribution is -0.139. The Morgan fingerprint density at radius 2 is 1.90 bits per heavy atom. The van der Waals surface area contributed by atoms with Crippen LogP contribution in [-0.4, -0.2) is 65.4 Å². The molecule has 0 unspecified atom stereocenters. The number of likely N-dealkylation sites (tertiary alicyclic amines) is 1. The standard InChI is InChI=1S/C23H34N4O4/c1-3-31-22(30)25-17-14-16(2)20(24-15-17)26-11-8-23(9-12-26)10-13-27(21(23)29)18-4-6-19(28)7-5-18/h14-15,18-19,28H,3-13H2,1-2H3,(H,25,30)/t18-,19+. The number of aliphatic hydroxyl groups is 1. The second kappa shape index (κ2) is 9.02. The monoisotopic (exact) mass is 430 g/mol. The first-order chi connectivity index (χ1) is 14.9. The van der Waals surface area contributed by atoms with Crippen LogP contribution in [0.3, 0.4) is 0 Å². The van der Waals surface area contributed by atoms with E-state index in [1.54, 1.807) is 13.1 Å². The number of aromatic nitrogens is 1. The fourth-order valence-electron chi connectivity index (χ4n) is 5.43. The first kappa shape index (κ1) is 21.9. The maximum Gasteiger partial charge on any atom is 0.411 e. The van der Waals surface area contributed by atoms with Gasteiger partial charge in [0.1, 0.15) is 5.82 Å². The molecule has 0 radical (unpaired) electrons. The molecule has 1 aromatic rings. The molecule has 0 bridgehead atoms. The van der Waals surface area contributed by atoms with E-state index in [1.807, 2.05) is 13.0 Å². The summed E-state index contributed by atoms with van der Waals surface area (Å²) in [5, 5.41) is 12.5. The number of pyridine rings is 1. The Balaban J connectivity index is 1.36. The SMILES string of the molecule is CCOC(=O)Nc1cnc(N2CCC3(CC2)CCN([C@H]2CC[C@@H](O)CC2)C3=O)c(C)c1. The van der Waals surface area contributed by atoms with Crippen molar-refractivity contribution in [1.29, 1.82) is 0 Å². The highest BCUT2D eigenvalue weighted by atomic mass is 16.5. The van der Waals surface area contributed by atoms with E-state index in [2.05, 4.69) is 20.1 Å². The van der Waals surface area contributed by atoms with Gasteiger partial charge >= 0.3 is 6.09 Å². The van der Waals surface area contributed by atoms with Crippen molar-refractivity contribution in [3.05, 3.63) is 17.8 Å². The van der Waals surface area contributed by atoms with Crippen LogP contribution in [0.1, 0.15) is 57.4 Å². The summed E-state index contributed by atoms with van der Waals surface area (Å²) in [5.41, 5.74) is 1.38. The molecule has 170 valence electrons. The molecule has 8 nitrogen and oxygen atoms in total. The molecule has 2 N–H and O–H groups in total. The van der Waals surface area contributed by atoms with Crippen LogP contribution in [0.4, 0.5) is 16.3 Å². The molecule has 0 atom stereocenters. The third-order valence-electron chi connectivity index (χ3n) is 7.25. The summed E-state index contributed by atoms with van der Waals surface area (Å²) in [6.45, 7) is 6.55. The first-order valence-electron chi connectivity index (χ1n) is 11.6. The number of carbonyl (C=O) groups is 2. The van der Waals surface area contributed by atoms with Crippen molar-refractivity contribution in [2.75, 3.05) is 36.5 Å². The van der Waals surface area contributed by atoms with Crippen LogP contribution in [0.5, 0.6) is 0 Å². The lowest BCUT2D eigenvalue weighted by Gasteiger charge is -2.40. The fraction of sp³-hybridized carbons (Fsp3) is 0.696. The number of ether oxygens (including phenoxy) is 1. The molecule has 1 aromatic heterocycles. The van der Waals surface area contributed by atoms with Crippen LogP contribution in [-0.2, 0) is 9.53 Å². The van der Waals surface area contributed by atoms with E-state index >= 15 is 0 Å². The number of piperidine rings is 1. The lowest BCUT2D eigenvalue weighted by atomic mass is 9.77. The maximum atomic E-state index is 13.4. The highest BCUT2D eigenvalue weighted by Crippen LogP contribution is 2.44. The van der Waals surface area contributed by atoms with Crippen molar-refractivity contribution in [2.45, 2.75) is 70.9 Å². The minimum Gasteiger partial charge on any atom is -0.450 e. The molecule has 3 heterocycles. The number of aliphatic hydroxyl groups excluding tert-OH is 1. The number of aryl methyl sites for hydroxylation is 1. The molecule has 2 amide bonds. The predicted molar refractivity (Wildman–Crippen MR) is 118 cm³/mol. The third kappa shape index (κ3) is 4.49. The number of hydrogen-bond donors (Lipinski definition) is 2. The first-order valence-corrected chi connectivity index (χ1v) is 11.6. The molecule has 0 aromatic carbocycles. The summed E-state index contributed by atoms with van der Waals surface area (Å²) in [4.78, 5) is 33.9. The fourth-order valence-corrected chi connectivity index (χ4v) is 5.43. The molecule has 1 spiro atoms. The topological polar surface area (TPSA) is 95.0 Å². The summed E-state index contributed by atoms with van der Waals surface area (Å²) in [5.74, 6) is 1.24. The van der Waals surface area contributed by atoms with Gasteiger partial charge < -0.3 is 19.6 Å². The Hall–Kier alpha value is -2.35. The van der Waals surface area contributed by atoms with Crippen molar-refractivity contribution < 1.29 is 19.4 Å². The van der Waals surface area contributed by atoms with Crippen LogP contribution < -0.4 is 10.2 Å². The van der Waals surface area contributed by atoms with Crippen LogP contribution in [0.25, 0.3) is 0 Å². The molecule has 1 aliphatic carbocycles. The molecule has 2 aliphatic heterocycles. The third-order valence-corrected chi connectivity index (χ3v) is 7.25. The number of nitrogens with one attached hydrogen (secondary N) is 1. The Bertz CT molecular complexity index is 814. The molecular weight excluding hydrogens is 396 g/mol. The highest BCUT2D eigenvalue weighted by molar-refractivity contribution is 5.86. The Morgan fingerprint density at radius 3 is 2.55 bits per heavy atom. The van der Waals surface area contributed by atoms with E-state index in [4.69, 9.17) is 4.74 Å². The average Bonchev–Trinajstić information content (AvgIpc) is 3.06. The van der Waals surface area contributed by atoms with Gasteiger partial charge in [-0.3, -0.25) is 10.1 Å². The van der Waals surface area contributed by atoms with Gasteiger partial charge in [-0.1, -0.05) is 0 Å². The quantitative estimate of drug-likeness (QED) is 0.762. The summed E-state index contributed by atoms with van der Waals surface area (Å²) in [7, 11) is 0. The van der Waals surface area contributed by atoms with Crippen LogP contribution in [0, 0.1) is 12.3 Å². The summed E-state index contributed by atoms with van der Waals surface area (Å²) in [6.07, 6.45) is 7.08. The van der Waals surface area contributed by atoms with Crippen molar-refractivity contribution >= 4 is 23.5 Å². The summed E-state index contributed by atoms with van der Waals surface area (Å²) in [6, 6.07) is 2.21. The highest BCUT2D eigenvalue weighted by Gasteiger charge is 2.50. The average molecular weight is 431 g/mol. The zero-order valence-electron chi connectivity index (χ0n) is 18.6. The Kier molecular flexibility index (Phi) is 6.36. The molecule has 1 saturated carbocycles. The molecule has 3 fully saturated rings. The zero-order chi connectivity index (χ0) is 22.0. The van der Waals surface area contributed by atoms with E-state index in [0.29, 0.717) is 24.2 Å². The Morgan fingerprint density at radius 1 is 1.23 bits per heavy atom. The predicted octanol–water partition coefficient (Wildman–Crippen LogP) is 3.08. The smallest absolute Gasteiger partial charge is 0.411 e. The van der Waals surface area contributed by atoms with Gasteiger partial charge in [-0.2, -0.15) is 0 Å². The second-order valence-electron chi connectivity index (χ2n) is 9.19. The number of anilines is 2. The molecular formula is C23H34N4O4. The normalized spacial score (nSPS) is 25.7. The van der Waals surface area contributed by atoms with Crippen LogP contribution in [0.2, 0.25) is 0 Å².